The summed E-state index contributed by atoms with van der Waals surface area (Å²) in [5.74, 6) is 0.733. The maximum Gasteiger partial charge on any atom is 0.0170 e. The molecule has 3 unspecified atom stereocenters. The molecule has 0 spiro atoms. The molecule has 0 saturated carbocycles. The molecule has 1 aliphatic rings. The third-order valence-corrected chi connectivity index (χ3v) is 3.72. The van der Waals surface area contributed by atoms with E-state index in [1.165, 1.54) is 18.5 Å². The summed E-state index contributed by atoms with van der Waals surface area (Å²) in [5, 5.41) is 0. The Morgan fingerprint density at radius 1 is 1.29 bits per heavy atom. The van der Waals surface area contributed by atoms with Crippen LogP contribution in [0.3, 0.4) is 0 Å². The van der Waals surface area contributed by atoms with E-state index in [1.807, 2.05) is 0 Å². The van der Waals surface area contributed by atoms with Gasteiger partial charge in [-0.1, -0.05) is 37.3 Å². The van der Waals surface area contributed by atoms with E-state index in [4.69, 9.17) is 5.73 Å². The zero-order valence-electron chi connectivity index (χ0n) is 11.0. The second-order valence-electron chi connectivity index (χ2n) is 5.59. The number of rotatable bonds is 3. The van der Waals surface area contributed by atoms with Crippen LogP contribution in [-0.4, -0.2) is 30.1 Å². The molecule has 2 heteroatoms. The lowest BCUT2D eigenvalue weighted by Gasteiger charge is -2.38. The van der Waals surface area contributed by atoms with Crippen molar-refractivity contribution >= 4 is 0 Å². The zero-order chi connectivity index (χ0) is 12.3. The van der Waals surface area contributed by atoms with Crippen molar-refractivity contribution in [1.82, 2.24) is 4.90 Å². The van der Waals surface area contributed by atoms with Gasteiger partial charge in [-0.3, -0.25) is 4.90 Å². The molecule has 1 aliphatic heterocycles. The van der Waals surface area contributed by atoms with Gasteiger partial charge in [0.05, 0.1) is 0 Å². The molecule has 94 valence electrons. The third kappa shape index (κ3) is 3.55. The molecule has 2 rings (SSSR count). The van der Waals surface area contributed by atoms with Gasteiger partial charge >= 0.3 is 0 Å². The second kappa shape index (κ2) is 5.65. The van der Waals surface area contributed by atoms with Crippen molar-refractivity contribution < 1.29 is 0 Å². The van der Waals surface area contributed by atoms with Crippen LogP contribution in [0.25, 0.3) is 0 Å². The van der Waals surface area contributed by atoms with Crippen LogP contribution in [0, 0.1) is 5.92 Å². The van der Waals surface area contributed by atoms with Crippen LogP contribution in [0.2, 0.25) is 0 Å². The molecule has 0 radical (unpaired) electrons. The minimum Gasteiger partial charge on any atom is -0.327 e. The SMILES string of the molecule is CC1CC(N)CN(C(C)Cc2ccccc2)C1. The molecule has 1 aromatic carbocycles. The van der Waals surface area contributed by atoms with Crippen LogP contribution in [0.1, 0.15) is 25.8 Å². The summed E-state index contributed by atoms with van der Waals surface area (Å²) < 4.78 is 0. The van der Waals surface area contributed by atoms with Crippen molar-refractivity contribution in [2.24, 2.45) is 11.7 Å². The molecule has 1 heterocycles. The third-order valence-electron chi connectivity index (χ3n) is 3.72. The normalized spacial score (nSPS) is 27.9. The lowest BCUT2D eigenvalue weighted by atomic mass is 9.94. The van der Waals surface area contributed by atoms with Crippen LogP contribution in [-0.2, 0) is 6.42 Å². The molecule has 3 atom stereocenters. The molecule has 2 nitrogen and oxygen atoms in total. The predicted molar refractivity (Wildman–Crippen MR) is 72.9 cm³/mol. The van der Waals surface area contributed by atoms with E-state index in [0.29, 0.717) is 12.1 Å². The Morgan fingerprint density at radius 2 is 2.00 bits per heavy atom. The summed E-state index contributed by atoms with van der Waals surface area (Å²) in [7, 11) is 0. The average Bonchev–Trinajstić information content (AvgIpc) is 2.29. The van der Waals surface area contributed by atoms with E-state index >= 15 is 0 Å². The molecule has 0 aromatic heterocycles. The number of nitrogens with zero attached hydrogens (tertiary/aromatic N) is 1. The first-order valence-electron chi connectivity index (χ1n) is 6.68. The van der Waals surface area contributed by atoms with Gasteiger partial charge in [0, 0.05) is 25.2 Å². The van der Waals surface area contributed by atoms with Gasteiger partial charge in [-0.15, -0.1) is 0 Å². The number of likely N-dealkylation sites (tertiary alicyclic amines) is 1. The molecule has 0 bridgehead atoms. The maximum absolute atomic E-state index is 6.11. The van der Waals surface area contributed by atoms with Crippen LogP contribution >= 0.6 is 0 Å². The molecular formula is C15H24N2. The Hall–Kier alpha value is -0.860. The molecule has 17 heavy (non-hydrogen) atoms. The summed E-state index contributed by atoms with van der Waals surface area (Å²) in [6.45, 7) is 6.87. The monoisotopic (exact) mass is 232 g/mol. The molecule has 0 amide bonds. The minimum atomic E-state index is 0.358. The molecule has 2 N–H and O–H groups in total. The first kappa shape index (κ1) is 12.6. The van der Waals surface area contributed by atoms with E-state index in [-0.39, 0.29) is 0 Å². The van der Waals surface area contributed by atoms with Crippen molar-refractivity contribution in [2.45, 2.75) is 38.8 Å². The standard InChI is InChI=1S/C15H24N2/c1-12-8-15(16)11-17(10-12)13(2)9-14-6-4-3-5-7-14/h3-7,12-13,15H,8-11,16H2,1-2H3. The largest absolute Gasteiger partial charge is 0.327 e. The van der Waals surface area contributed by atoms with Crippen molar-refractivity contribution in [3.8, 4) is 0 Å². The van der Waals surface area contributed by atoms with E-state index in [9.17, 15) is 0 Å². The average molecular weight is 232 g/mol. The number of benzene rings is 1. The zero-order valence-corrected chi connectivity index (χ0v) is 11.0. The van der Waals surface area contributed by atoms with Gasteiger partial charge in [0.25, 0.3) is 0 Å². The van der Waals surface area contributed by atoms with E-state index in [1.54, 1.807) is 0 Å². The smallest absolute Gasteiger partial charge is 0.0170 e. The number of piperidine rings is 1. The van der Waals surface area contributed by atoms with Crippen molar-refractivity contribution in [2.75, 3.05) is 13.1 Å². The van der Waals surface area contributed by atoms with Gasteiger partial charge in [-0.05, 0) is 31.2 Å². The van der Waals surface area contributed by atoms with Crippen molar-refractivity contribution in [3.05, 3.63) is 35.9 Å². The first-order valence-corrected chi connectivity index (χ1v) is 6.68. The van der Waals surface area contributed by atoms with Gasteiger partial charge < -0.3 is 5.73 Å². The van der Waals surface area contributed by atoms with E-state index < -0.39 is 0 Å². The van der Waals surface area contributed by atoms with Crippen LogP contribution in [0.4, 0.5) is 0 Å². The fourth-order valence-corrected chi connectivity index (χ4v) is 2.89. The summed E-state index contributed by atoms with van der Waals surface area (Å²) >= 11 is 0. The minimum absolute atomic E-state index is 0.358. The Labute approximate surface area is 105 Å². The van der Waals surface area contributed by atoms with E-state index in [2.05, 4.69) is 49.1 Å². The first-order chi connectivity index (χ1) is 8.15. The van der Waals surface area contributed by atoms with Crippen LogP contribution in [0.15, 0.2) is 30.3 Å². The molecule has 0 aliphatic carbocycles. The van der Waals surface area contributed by atoms with E-state index in [0.717, 1.165) is 18.9 Å². The predicted octanol–water partition coefficient (Wildman–Crippen LogP) is 2.29. The number of hydrogen-bond acceptors (Lipinski definition) is 2. The Kier molecular flexibility index (Phi) is 4.19. The summed E-state index contributed by atoms with van der Waals surface area (Å²) in [4.78, 5) is 2.55. The highest BCUT2D eigenvalue weighted by atomic mass is 15.2. The van der Waals surface area contributed by atoms with Gasteiger partial charge in [-0.2, -0.15) is 0 Å². The highest BCUT2D eigenvalue weighted by molar-refractivity contribution is 5.15. The van der Waals surface area contributed by atoms with Gasteiger partial charge in [-0.25, -0.2) is 0 Å². The molecule has 1 aromatic rings. The number of nitrogens with two attached hydrogens (primary N) is 1. The Morgan fingerprint density at radius 3 is 2.65 bits per heavy atom. The fourth-order valence-electron chi connectivity index (χ4n) is 2.89. The quantitative estimate of drug-likeness (QED) is 0.866. The topological polar surface area (TPSA) is 29.3 Å². The molecular weight excluding hydrogens is 208 g/mol. The molecule has 1 saturated heterocycles. The molecule has 1 fully saturated rings. The summed E-state index contributed by atoms with van der Waals surface area (Å²) in [6.07, 6.45) is 2.30. The van der Waals surface area contributed by atoms with Crippen molar-refractivity contribution in [3.63, 3.8) is 0 Å². The highest BCUT2D eigenvalue weighted by Gasteiger charge is 2.25. The second-order valence-corrected chi connectivity index (χ2v) is 5.59. The lowest BCUT2D eigenvalue weighted by molar-refractivity contribution is 0.123. The lowest BCUT2D eigenvalue weighted by Crippen LogP contribution is -2.50. The highest BCUT2D eigenvalue weighted by Crippen LogP contribution is 2.19. The van der Waals surface area contributed by atoms with Crippen molar-refractivity contribution in [1.29, 1.82) is 0 Å². The van der Waals surface area contributed by atoms with Gasteiger partial charge in [0.15, 0.2) is 0 Å². The van der Waals surface area contributed by atoms with Crippen LogP contribution in [0.5, 0.6) is 0 Å². The summed E-state index contributed by atoms with van der Waals surface area (Å²) in [6, 6.07) is 11.7. The maximum atomic E-state index is 6.11. The fraction of sp³-hybridized carbons (Fsp3) is 0.600. The number of hydrogen-bond donors (Lipinski definition) is 1. The van der Waals surface area contributed by atoms with Gasteiger partial charge in [0.1, 0.15) is 0 Å². The van der Waals surface area contributed by atoms with Crippen LogP contribution < -0.4 is 5.73 Å². The Balaban J connectivity index is 1.93. The van der Waals surface area contributed by atoms with Gasteiger partial charge in [0.2, 0.25) is 0 Å². The Bertz CT molecular complexity index is 326. The summed E-state index contributed by atoms with van der Waals surface area (Å²) in [5.41, 5.74) is 7.53.